The molecular weight excluding hydrogens is 334 g/mol. The number of hydrogen-bond acceptors (Lipinski definition) is 3. The van der Waals surface area contributed by atoms with Gasteiger partial charge in [-0.05, 0) is 29.6 Å². The Labute approximate surface area is 121 Å². The molecule has 3 rings (SSSR count). The Morgan fingerprint density at radius 3 is 2.89 bits per heavy atom. The summed E-state index contributed by atoms with van der Waals surface area (Å²) in [5.74, 6) is 1.37. The summed E-state index contributed by atoms with van der Waals surface area (Å²) in [5, 5.41) is 9.76. The molecule has 0 aliphatic carbocycles. The summed E-state index contributed by atoms with van der Waals surface area (Å²) in [6, 6.07) is 9.63. The fourth-order valence-electron chi connectivity index (χ4n) is 1.58. The van der Waals surface area contributed by atoms with E-state index < -0.39 is 0 Å². The average molecular weight is 341 g/mol. The molecule has 90 valence electrons. The van der Waals surface area contributed by atoms with E-state index in [1.807, 2.05) is 35.7 Å². The third-order valence-electron chi connectivity index (χ3n) is 2.41. The van der Waals surface area contributed by atoms with Crippen molar-refractivity contribution >= 4 is 38.9 Å². The molecule has 2 aromatic heterocycles. The molecular formula is C12H7BrClN3S. The maximum atomic E-state index is 6.18. The smallest absolute Gasteiger partial charge is 0.183 e. The zero-order chi connectivity index (χ0) is 12.5. The van der Waals surface area contributed by atoms with Crippen molar-refractivity contribution in [2.45, 2.75) is 0 Å². The Morgan fingerprint density at radius 2 is 2.17 bits per heavy atom. The lowest BCUT2D eigenvalue weighted by atomic mass is 10.2. The maximum Gasteiger partial charge on any atom is 0.183 e. The molecule has 0 aliphatic rings. The van der Waals surface area contributed by atoms with Crippen LogP contribution in [0.3, 0.4) is 0 Å². The van der Waals surface area contributed by atoms with Crippen LogP contribution >= 0.6 is 38.9 Å². The van der Waals surface area contributed by atoms with Crippen LogP contribution in [0.4, 0.5) is 0 Å². The zero-order valence-electron chi connectivity index (χ0n) is 9.02. The van der Waals surface area contributed by atoms with Crippen molar-refractivity contribution in [1.82, 2.24) is 15.2 Å². The van der Waals surface area contributed by atoms with Gasteiger partial charge in [-0.2, -0.15) is 5.10 Å². The van der Waals surface area contributed by atoms with E-state index in [1.165, 1.54) is 0 Å². The first-order chi connectivity index (χ1) is 8.74. The summed E-state index contributed by atoms with van der Waals surface area (Å²) in [5.41, 5.74) is 0.818. The highest BCUT2D eigenvalue weighted by Gasteiger charge is 2.11. The molecule has 2 heterocycles. The molecule has 0 bridgehead atoms. The highest BCUT2D eigenvalue weighted by molar-refractivity contribution is 9.10. The number of benzene rings is 1. The van der Waals surface area contributed by atoms with Crippen LogP contribution in [-0.2, 0) is 0 Å². The van der Waals surface area contributed by atoms with Crippen LogP contribution in [0.15, 0.2) is 40.2 Å². The van der Waals surface area contributed by atoms with Gasteiger partial charge < -0.3 is 0 Å². The number of thiophene rings is 1. The molecule has 18 heavy (non-hydrogen) atoms. The van der Waals surface area contributed by atoms with Crippen molar-refractivity contribution in [3.63, 3.8) is 0 Å². The molecule has 0 aliphatic heterocycles. The van der Waals surface area contributed by atoms with Crippen LogP contribution in [0.5, 0.6) is 0 Å². The number of rotatable bonds is 2. The summed E-state index contributed by atoms with van der Waals surface area (Å²) in [6.07, 6.45) is 0. The second-order valence-corrected chi connectivity index (χ2v) is 5.88. The number of H-pyrrole nitrogens is 1. The van der Waals surface area contributed by atoms with Crippen molar-refractivity contribution in [3.8, 4) is 22.1 Å². The first-order valence-electron chi connectivity index (χ1n) is 5.16. The van der Waals surface area contributed by atoms with Crippen LogP contribution in [0.2, 0.25) is 5.02 Å². The highest BCUT2D eigenvalue weighted by Crippen LogP contribution is 2.30. The van der Waals surface area contributed by atoms with Gasteiger partial charge in [0.05, 0.1) is 9.90 Å². The number of nitrogens with zero attached hydrogens (tertiary/aromatic N) is 2. The largest absolute Gasteiger partial charge is 0.258 e. The first-order valence-corrected chi connectivity index (χ1v) is 7.21. The lowest BCUT2D eigenvalue weighted by molar-refractivity contribution is 1.10. The van der Waals surface area contributed by atoms with Gasteiger partial charge in [0.1, 0.15) is 0 Å². The van der Waals surface area contributed by atoms with Gasteiger partial charge in [-0.15, -0.1) is 11.3 Å². The van der Waals surface area contributed by atoms with Crippen LogP contribution in [-0.4, -0.2) is 15.2 Å². The Bertz CT molecular complexity index is 678. The molecule has 0 atom stereocenters. The fraction of sp³-hybridized carbons (Fsp3) is 0. The molecule has 6 heteroatoms. The third-order valence-corrected chi connectivity index (χ3v) is 4.09. The minimum absolute atomic E-state index is 0.607. The fourth-order valence-corrected chi connectivity index (χ4v) is 3.00. The standard InChI is InChI=1S/C12H7BrClN3S/c13-7-3-4-8(9(14)6-7)11-15-12(17-16-11)10-2-1-5-18-10/h1-6H,(H,15,16,17). The van der Waals surface area contributed by atoms with Gasteiger partial charge >= 0.3 is 0 Å². The Hall–Kier alpha value is -1.17. The summed E-state index contributed by atoms with van der Waals surface area (Å²) in [7, 11) is 0. The number of nitrogens with one attached hydrogen (secondary N) is 1. The van der Waals surface area contributed by atoms with Crippen molar-refractivity contribution < 1.29 is 0 Å². The van der Waals surface area contributed by atoms with Gasteiger partial charge in [0, 0.05) is 10.0 Å². The van der Waals surface area contributed by atoms with E-state index in [-0.39, 0.29) is 0 Å². The van der Waals surface area contributed by atoms with Gasteiger partial charge in [-0.3, -0.25) is 5.10 Å². The average Bonchev–Trinajstić information content (AvgIpc) is 2.99. The predicted molar refractivity (Wildman–Crippen MR) is 77.8 cm³/mol. The molecule has 3 nitrogen and oxygen atoms in total. The van der Waals surface area contributed by atoms with Crippen molar-refractivity contribution in [1.29, 1.82) is 0 Å². The van der Waals surface area contributed by atoms with E-state index in [9.17, 15) is 0 Å². The van der Waals surface area contributed by atoms with Crippen molar-refractivity contribution in [2.75, 3.05) is 0 Å². The van der Waals surface area contributed by atoms with Crippen LogP contribution < -0.4 is 0 Å². The minimum atomic E-state index is 0.607. The second-order valence-electron chi connectivity index (χ2n) is 3.61. The molecule has 0 amide bonds. The molecule has 0 unspecified atom stereocenters. The van der Waals surface area contributed by atoms with Gasteiger partial charge in [-0.25, -0.2) is 4.98 Å². The molecule has 1 N–H and O–H groups in total. The normalized spacial score (nSPS) is 10.8. The molecule has 0 saturated carbocycles. The first kappa shape index (κ1) is 11.9. The number of aromatic amines is 1. The number of hydrogen-bond donors (Lipinski definition) is 1. The summed E-state index contributed by atoms with van der Waals surface area (Å²) in [4.78, 5) is 5.51. The summed E-state index contributed by atoms with van der Waals surface area (Å²) < 4.78 is 0.935. The highest BCUT2D eigenvalue weighted by atomic mass is 79.9. The molecule has 0 saturated heterocycles. The van der Waals surface area contributed by atoms with Gasteiger partial charge in [0.25, 0.3) is 0 Å². The van der Waals surface area contributed by atoms with E-state index in [1.54, 1.807) is 11.3 Å². The van der Waals surface area contributed by atoms with Crippen molar-refractivity contribution in [2.24, 2.45) is 0 Å². The lowest BCUT2D eigenvalue weighted by Crippen LogP contribution is -1.82. The van der Waals surface area contributed by atoms with Gasteiger partial charge in [-0.1, -0.05) is 33.6 Å². The summed E-state index contributed by atoms with van der Waals surface area (Å²) >= 11 is 11.2. The van der Waals surface area contributed by atoms with E-state index in [0.717, 1.165) is 20.7 Å². The quantitative estimate of drug-likeness (QED) is 0.740. The zero-order valence-corrected chi connectivity index (χ0v) is 12.2. The van der Waals surface area contributed by atoms with E-state index >= 15 is 0 Å². The maximum absolute atomic E-state index is 6.18. The lowest BCUT2D eigenvalue weighted by Gasteiger charge is -1.99. The predicted octanol–water partition coefficient (Wildman–Crippen LogP) is 4.62. The molecule has 0 fully saturated rings. The topological polar surface area (TPSA) is 41.6 Å². The molecule has 0 radical (unpaired) electrons. The second kappa shape index (κ2) is 4.84. The van der Waals surface area contributed by atoms with Gasteiger partial charge in [0.15, 0.2) is 11.6 Å². The summed E-state index contributed by atoms with van der Waals surface area (Å²) in [6.45, 7) is 0. The molecule has 1 aromatic carbocycles. The monoisotopic (exact) mass is 339 g/mol. The third kappa shape index (κ3) is 2.21. The van der Waals surface area contributed by atoms with E-state index in [2.05, 4.69) is 31.1 Å². The van der Waals surface area contributed by atoms with E-state index in [0.29, 0.717) is 10.8 Å². The van der Waals surface area contributed by atoms with Crippen molar-refractivity contribution in [3.05, 3.63) is 45.2 Å². The van der Waals surface area contributed by atoms with Gasteiger partial charge in [0.2, 0.25) is 0 Å². The molecule has 0 spiro atoms. The van der Waals surface area contributed by atoms with E-state index in [4.69, 9.17) is 11.6 Å². The Kier molecular flexibility index (Phi) is 3.20. The Morgan fingerprint density at radius 1 is 1.28 bits per heavy atom. The van der Waals surface area contributed by atoms with Crippen LogP contribution in [0.25, 0.3) is 22.1 Å². The van der Waals surface area contributed by atoms with Crippen LogP contribution in [0, 0.1) is 0 Å². The SMILES string of the molecule is Clc1cc(Br)ccc1-c1n[nH]c(-c2cccs2)n1. The Balaban J connectivity index is 2.03. The minimum Gasteiger partial charge on any atom is -0.258 e. The van der Waals surface area contributed by atoms with Crippen LogP contribution in [0.1, 0.15) is 0 Å². The number of halogens is 2. The molecule has 3 aromatic rings. The number of aromatic nitrogens is 3.